The van der Waals surface area contributed by atoms with Gasteiger partial charge in [-0.05, 0) is 19.1 Å². The molecule has 1 heterocycles. The molecular weight excluding hydrogens is 318 g/mol. The molecule has 8 heteroatoms. The molecule has 0 saturated heterocycles. The normalized spacial score (nSPS) is 15.8. The molecule has 0 radical (unpaired) electrons. The summed E-state index contributed by atoms with van der Waals surface area (Å²) in [7, 11) is -2.27. The Morgan fingerprint density at radius 3 is 2.86 bits per heavy atom. The minimum atomic E-state index is -3.67. The van der Waals surface area contributed by atoms with Crippen molar-refractivity contribution in [3.8, 4) is 5.75 Å². The van der Waals surface area contributed by atoms with Crippen molar-refractivity contribution in [1.29, 1.82) is 0 Å². The lowest BCUT2D eigenvalue weighted by molar-refractivity contribution is -0.119. The lowest BCUT2D eigenvalue weighted by Gasteiger charge is -2.21. The van der Waals surface area contributed by atoms with Crippen molar-refractivity contribution < 1.29 is 22.7 Å². The highest BCUT2D eigenvalue weighted by atomic mass is 35.5. The average molecular weight is 334 g/mol. The third-order valence-electron chi connectivity index (χ3n) is 3.26. The molecule has 1 N–H and O–H groups in total. The van der Waals surface area contributed by atoms with Gasteiger partial charge >= 0.3 is 0 Å². The number of hydrogen-bond acceptors (Lipinski definition) is 5. The van der Waals surface area contributed by atoms with Gasteiger partial charge in [0, 0.05) is 23.2 Å². The number of rotatable bonds is 4. The van der Waals surface area contributed by atoms with Crippen LogP contribution in [-0.2, 0) is 31.7 Å². The third-order valence-corrected chi connectivity index (χ3v) is 5.49. The number of sulfone groups is 1. The SMILES string of the molecule is CNC(=O)[C@@H](C)S(=O)(=O)Cc1cc(Cl)cc2c1OCOC2. The zero-order chi connectivity index (χ0) is 15.6. The van der Waals surface area contributed by atoms with E-state index in [4.69, 9.17) is 21.1 Å². The maximum absolute atomic E-state index is 12.3. The van der Waals surface area contributed by atoms with E-state index in [2.05, 4.69) is 5.32 Å². The summed E-state index contributed by atoms with van der Waals surface area (Å²) in [6, 6.07) is 3.22. The molecule has 1 atom stereocenters. The van der Waals surface area contributed by atoms with Gasteiger partial charge < -0.3 is 14.8 Å². The highest BCUT2D eigenvalue weighted by molar-refractivity contribution is 7.92. The molecule has 116 valence electrons. The first kappa shape index (κ1) is 16.1. The van der Waals surface area contributed by atoms with Crippen molar-refractivity contribution in [2.24, 2.45) is 0 Å². The van der Waals surface area contributed by atoms with Crippen molar-refractivity contribution in [3.05, 3.63) is 28.3 Å². The zero-order valence-corrected chi connectivity index (χ0v) is 13.3. The molecule has 0 fully saturated rings. The van der Waals surface area contributed by atoms with Crippen LogP contribution in [0.5, 0.6) is 5.75 Å². The molecule has 1 amide bonds. The first-order chi connectivity index (χ1) is 9.85. The number of fused-ring (bicyclic) bond motifs is 1. The molecule has 0 bridgehead atoms. The van der Waals surface area contributed by atoms with Crippen LogP contribution in [0.25, 0.3) is 0 Å². The molecule has 6 nitrogen and oxygen atoms in total. The molecule has 0 saturated carbocycles. The van der Waals surface area contributed by atoms with E-state index < -0.39 is 21.0 Å². The van der Waals surface area contributed by atoms with E-state index in [1.165, 1.54) is 14.0 Å². The Morgan fingerprint density at radius 2 is 2.19 bits per heavy atom. The maximum atomic E-state index is 12.3. The molecule has 21 heavy (non-hydrogen) atoms. The van der Waals surface area contributed by atoms with Crippen molar-refractivity contribution >= 4 is 27.3 Å². The van der Waals surface area contributed by atoms with Gasteiger partial charge in [0.15, 0.2) is 16.6 Å². The topological polar surface area (TPSA) is 81.7 Å². The number of amides is 1. The monoisotopic (exact) mass is 333 g/mol. The van der Waals surface area contributed by atoms with Crippen molar-refractivity contribution in [3.63, 3.8) is 0 Å². The number of ether oxygens (including phenoxy) is 2. The van der Waals surface area contributed by atoms with E-state index in [1.54, 1.807) is 12.1 Å². The second kappa shape index (κ2) is 6.21. The van der Waals surface area contributed by atoms with Crippen LogP contribution < -0.4 is 10.1 Å². The maximum Gasteiger partial charge on any atom is 0.237 e. The molecule has 2 rings (SSSR count). The van der Waals surface area contributed by atoms with Gasteiger partial charge in [-0.25, -0.2) is 8.42 Å². The average Bonchev–Trinajstić information content (AvgIpc) is 2.45. The Morgan fingerprint density at radius 1 is 1.48 bits per heavy atom. The summed E-state index contributed by atoms with van der Waals surface area (Å²) in [5.41, 5.74) is 1.14. The highest BCUT2D eigenvalue weighted by Crippen LogP contribution is 2.33. The van der Waals surface area contributed by atoms with Gasteiger partial charge in [0.25, 0.3) is 0 Å². The van der Waals surface area contributed by atoms with Gasteiger partial charge in [0.05, 0.1) is 12.4 Å². The number of nitrogens with one attached hydrogen (secondary N) is 1. The van der Waals surface area contributed by atoms with E-state index in [1.807, 2.05) is 0 Å². The molecule has 1 aliphatic heterocycles. The quantitative estimate of drug-likeness (QED) is 0.897. The van der Waals surface area contributed by atoms with Gasteiger partial charge in [-0.2, -0.15) is 0 Å². The molecule has 0 aliphatic carbocycles. The summed E-state index contributed by atoms with van der Waals surface area (Å²) in [4.78, 5) is 11.5. The number of halogens is 1. The summed E-state index contributed by atoms with van der Waals surface area (Å²) < 4.78 is 35.1. The molecule has 0 spiro atoms. The summed E-state index contributed by atoms with van der Waals surface area (Å²) in [6.45, 7) is 1.73. The van der Waals surface area contributed by atoms with Crippen molar-refractivity contribution in [2.75, 3.05) is 13.8 Å². The van der Waals surface area contributed by atoms with Gasteiger partial charge in [0.1, 0.15) is 11.0 Å². The fourth-order valence-corrected chi connectivity index (χ4v) is 3.68. The first-order valence-electron chi connectivity index (χ1n) is 6.30. The smallest absolute Gasteiger partial charge is 0.237 e. The Bertz CT molecular complexity index is 659. The van der Waals surface area contributed by atoms with Crippen molar-refractivity contribution in [1.82, 2.24) is 5.32 Å². The predicted octanol–water partition coefficient (Wildman–Crippen LogP) is 1.26. The predicted molar refractivity (Wildman–Crippen MR) is 77.9 cm³/mol. The molecule has 1 aromatic rings. The lowest BCUT2D eigenvalue weighted by atomic mass is 10.1. The van der Waals surface area contributed by atoms with E-state index in [9.17, 15) is 13.2 Å². The summed E-state index contributed by atoms with van der Waals surface area (Å²) in [5.74, 6) is -0.390. The van der Waals surface area contributed by atoms with Gasteiger partial charge in [-0.15, -0.1) is 0 Å². The Balaban J connectivity index is 2.35. The first-order valence-corrected chi connectivity index (χ1v) is 8.39. The van der Waals surface area contributed by atoms with Crippen LogP contribution >= 0.6 is 11.6 Å². The molecule has 1 aromatic carbocycles. The zero-order valence-electron chi connectivity index (χ0n) is 11.7. The van der Waals surface area contributed by atoms with Gasteiger partial charge in [-0.3, -0.25) is 4.79 Å². The number of benzene rings is 1. The summed E-state index contributed by atoms with van der Waals surface area (Å²) >= 11 is 5.99. The highest BCUT2D eigenvalue weighted by Gasteiger charge is 2.29. The van der Waals surface area contributed by atoms with Crippen LogP contribution in [0, 0.1) is 0 Å². The van der Waals surface area contributed by atoms with Crippen LogP contribution in [0.3, 0.4) is 0 Å². The summed E-state index contributed by atoms with van der Waals surface area (Å²) in [5, 5.41) is 1.60. The van der Waals surface area contributed by atoms with Crippen LogP contribution in [0.15, 0.2) is 12.1 Å². The van der Waals surface area contributed by atoms with Crippen molar-refractivity contribution in [2.45, 2.75) is 24.5 Å². The standard InChI is InChI=1S/C13H16ClNO5S/c1-8(13(16)15-2)21(17,18)6-10-4-11(14)3-9-5-19-7-20-12(9)10/h3-4,8H,5-7H2,1-2H3,(H,15,16)/t8-/m1/s1. The lowest BCUT2D eigenvalue weighted by Crippen LogP contribution is -2.36. The van der Waals surface area contributed by atoms with Crippen LogP contribution in [0.2, 0.25) is 5.02 Å². The Hall–Kier alpha value is -1.31. The van der Waals surface area contributed by atoms with Gasteiger partial charge in [-0.1, -0.05) is 11.6 Å². The fourth-order valence-electron chi connectivity index (χ4n) is 2.07. The van der Waals surface area contributed by atoms with E-state index >= 15 is 0 Å². The molecule has 0 aromatic heterocycles. The molecule has 1 aliphatic rings. The Kier molecular flexibility index (Phi) is 4.75. The van der Waals surface area contributed by atoms with Crippen LogP contribution in [0.1, 0.15) is 18.1 Å². The minimum absolute atomic E-state index is 0.0622. The largest absolute Gasteiger partial charge is 0.467 e. The second-order valence-corrected chi connectivity index (χ2v) is 7.49. The minimum Gasteiger partial charge on any atom is -0.467 e. The van der Waals surface area contributed by atoms with E-state index in [0.717, 1.165) is 0 Å². The number of hydrogen-bond donors (Lipinski definition) is 1. The van der Waals surface area contributed by atoms with Crippen LogP contribution in [0.4, 0.5) is 0 Å². The fraction of sp³-hybridized carbons (Fsp3) is 0.462. The number of carbonyl (C=O) groups excluding carboxylic acids is 1. The summed E-state index contributed by atoms with van der Waals surface area (Å²) in [6.07, 6.45) is 0. The second-order valence-electron chi connectivity index (χ2n) is 4.73. The van der Waals surface area contributed by atoms with E-state index in [0.29, 0.717) is 28.5 Å². The Labute approximate surface area is 128 Å². The third kappa shape index (κ3) is 3.48. The molecular formula is C13H16ClNO5S. The van der Waals surface area contributed by atoms with Gasteiger partial charge in [0.2, 0.25) is 5.91 Å². The molecule has 0 unspecified atom stereocenters. The van der Waals surface area contributed by atoms with E-state index in [-0.39, 0.29) is 12.5 Å². The van der Waals surface area contributed by atoms with Crippen LogP contribution in [-0.4, -0.2) is 33.4 Å². The number of carbonyl (C=O) groups is 1.